The van der Waals surface area contributed by atoms with Gasteiger partial charge in [0.1, 0.15) is 6.61 Å². The van der Waals surface area contributed by atoms with Gasteiger partial charge < -0.3 is 14.4 Å². The number of para-hydroxylation sites is 1. The number of carbonyl (C=O) groups is 1. The molecule has 0 unspecified atom stereocenters. The van der Waals surface area contributed by atoms with Gasteiger partial charge in [0.2, 0.25) is 0 Å². The Morgan fingerprint density at radius 2 is 1.68 bits per heavy atom. The van der Waals surface area contributed by atoms with E-state index in [4.69, 9.17) is 9.47 Å². The summed E-state index contributed by atoms with van der Waals surface area (Å²) >= 11 is 0. The zero-order valence-corrected chi connectivity index (χ0v) is 15.9. The first-order valence-corrected chi connectivity index (χ1v) is 9.11. The number of anilines is 1. The Morgan fingerprint density at radius 1 is 0.929 bits per heavy atom. The van der Waals surface area contributed by atoms with Crippen molar-refractivity contribution in [2.24, 2.45) is 0 Å². The van der Waals surface area contributed by atoms with E-state index < -0.39 is 0 Å². The van der Waals surface area contributed by atoms with E-state index in [0.29, 0.717) is 23.7 Å². The topological polar surface area (TPSA) is 38.8 Å². The number of rotatable bonds is 5. The van der Waals surface area contributed by atoms with Gasteiger partial charge in [0.15, 0.2) is 11.5 Å². The molecule has 140 valence electrons. The highest BCUT2D eigenvalue weighted by Crippen LogP contribution is 2.37. The maximum Gasteiger partial charge on any atom is 0.258 e. The Morgan fingerprint density at radius 3 is 2.46 bits per heavy atom. The summed E-state index contributed by atoms with van der Waals surface area (Å²) in [5.41, 5.74) is 4.51. The average molecular weight is 371 g/mol. The SMILES string of the molecule is COc1ccc(C=C2C(=O)N(C)c3ccccc32)cc1OCc1ccccc1. The molecule has 3 aromatic carbocycles. The standard InChI is InChI=1S/C24H21NO3/c1-25-21-11-7-6-10-19(21)20(24(25)26)14-18-12-13-22(27-2)23(15-18)28-16-17-8-4-3-5-9-17/h3-15H,16H2,1-2H3. The van der Waals surface area contributed by atoms with Crippen LogP contribution in [-0.2, 0) is 11.4 Å². The average Bonchev–Trinajstić information content (AvgIpc) is 2.98. The number of benzene rings is 3. The van der Waals surface area contributed by atoms with Crippen LogP contribution < -0.4 is 14.4 Å². The minimum atomic E-state index is -0.0104. The van der Waals surface area contributed by atoms with Crippen LogP contribution in [0.1, 0.15) is 16.7 Å². The largest absolute Gasteiger partial charge is 0.493 e. The number of amides is 1. The highest BCUT2D eigenvalue weighted by molar-refractivity contribution is 6.35. The minimum Gasteiger partial charge on any atom is -0.493 e. The molecule has 0 radical (unpaired) electrons. The molecule has 1 aliphatic rings. The third-order valence-electron chi connectivity index (χ3n) is 4.83. The Balaban J connectivity index is 1.66. The van der Waals surface area contributed by atoms with E-state index in [9.17, 15) is 4.79 Å². The summed E-state index contributed by atoms with van der Waals surface area (Å²) in [7, 11) is 3.42. The van der Waals surface area contributed by atoms with Crippen molar-refractivity contribution in [1.82, 2.24) is 0 Å². The summed E-state index contributed by atoms with van der Waals surface area (Å²) in [5.74, 6) is 1.30. The van der Waals surface area contributed by atoms with Gasteiger partial charge in [0.25, 0.3) is 5.91 Å². The molecule has 0 saturated heterocycles. The maximum absolute atomic E-state index is 12.7. The van der Waals surface area contributed by atoms with Gasteiger partial charge in [0.05, 0.1) is 12.8 Å². The molecule has 0 N–H and O–H groups in total. The van der Waals surface area contributed by atoms with Gasteiger partial charge in [-0.05, 0) is 35.4 Å². The lowest BCUT2D eigenvalue weighted by atomic mass is 10.0. The van der Waals surface area contributed by atoms with Crippen LogP contribution in [-0.4, -0.2) is 20.1 Å². The molecule has 0 aliphatic carbocycles. The van der Waals surface area contributed by atoms with Crippen molar-refractivity contribution in [3.05, 3.63) is 89.5 Å². The zero-order chi connectivity index (χ0) is 19.5. The fourth-order valence-corrected chi connectivity index (χ4v) is 3.34. The number of nitrogens with zero attached hydrogens (tertiary/aromatic N) is 1. The van der Waals surface area contributed by atoms with Crippen molar-refractivity contribution in [1.29, 1.82) is 0 Å². The number of fused-ring (bicyclic) bond motifs is 1. The van der Waals surface area contributed by atoms with Crippen LogP contribution in [0.3, 0.4) is 0 Å². The number of likely N-dealkylation sites (N-methyl/N-ethyl adjacent to an activating group) is 1. The Kier molecular flexibility index (Phi) is 4.85. The summed E-state index contributed by atoms with van der Waals surface area (Å²) in [6.45, 7) is 0.446. The molecular weight excluding hydrogens is 350 g/mol. The molecule has 4 rings (SSSR count). The van der Waals surface area contributed by atoms with Gasteiger partial charge in [-0.25, -0.2) is 0 Å². The zero-order valence-electron chi connectivity index (χ0n) is 15.9. The second kappa shape index (κ2) is 7.61. The summed E-state index contributed by atoms with van der Waals surface area (Å²) < 4.78 is 11.4. The van der Waals surface area contributed by atoms with E-state index >= 15 is 0 Å². The second-order valence-corrected chi connectivity index (χ2v) is 6.62. The van der Waals surface area contributed by atoms with E-state index in [2.05, 4.69) is 0 Å². The van der Waals surface area contributed by atoms with Crippen LogP contribution in [0.15, 0.2) is 72.8 Å². The normalized spacial score (nSPS) is 14.3. The lowest BCUT2D eigenvalue weighted by molar-refractivity contribution is -0.112. The number of hydrogen-bond acceptors (Lipinski definition) is 3. The van der Waals surface area contributed by atoms with E-state index in [1.165, 1.54) is 0 Å². The van der Waals surface area contributed by atoms with Crippen LogP contribution in [0, 0.1) is 0 Å². The van der Waals surface area contributed by atoms with Gasteiger partial charge in [0, 0.05) is 18.2 Å². The van der Waals surface area contributed by atoms with Crippen molar-refractivity contribution in [3.63, 3.8) is 0 Å². The fourth-order valence-electron chi connectivity index (χ4n) is 3.34. The fraction of sp³-hybridized carbons (Fsp3) is 0.125. The van der Waals surface area contributed by atoms with Crippen molar-refractivity contribution in [2.45, 2.75) is 6.61 Å². The molecule has 0 spiro atoms. The minimum absolute atomic E-state index is 0.0104. The molecule has 0 fully saturated rings. The molecule has 4 heteroatoms. The molecule has 3 aromatic rings. The molecular formula is C24H21NO3. The van der Waals surface area contributed by atoms with Gasteiger partial charge in [-0.2, -0.15) is 0 Å². The van der Waals surface area contributed by atoms with Gasteiger partial charge >= 0.3 is 0 Å². The number of carbonyl (C=O) groups excluding carboxylic acids is 1. The first-order chi connectivity index (χ1) is 13.7. The summed E-state index contributed by atoms with van der Waals surface area (Å²) in [5, 5.41) is 0. The third-order valence-corrected chi connectivity index (χ3v) is 4.83. The molecule has 4 nitrogen and oxygen atoms in total. The van der Waals surface area contributed by atoms with Crippen LogP contribution in [0.4, 0.5) is 5.69 Å². The first kappa shape index (κ1) is 17.9. The summed E-state index contributed by atoms with van der Waals surface area (Å²) in [4.78, 5) is 14.4. The molecule has 0 aromatic heterocycles. The predicted molar refractivity (Wildman–Crippen MR) is 111 cm³/mol. The Bertz CT molecular complexity index is 1040. The van der Waals surface area contributed by atoms with Crippen molar-refractivity contribution in [2.75, 3.05) is 19.1 Å². The molecule has 0 atom stereocenters. The summed E-state index contributed by atoms with van der Waals surface area (Å²) in [6.07, 6.45) is 1.90. The van der Waals surface area contributed by atoms with Crippen LogP contribution in [0.2, 0.25) is 0 Å². The quantitative estimate of drug-likeness (QED) is 0.605. The summed E-state index contributed by atoms with van der Waals surface area (Å²) in [6, 6.07) is 23.5. The molecule has 0 bridgehead atoms. The van der Waals surface area contributed by atoms with E-state index in [1.54, 1.807) is 19.1 Å². The highest BCUT2D eigenvalue weighted by atomic mass is 16.5. The number of methoxy groups -OCH3 is 1. The second-order valence-electron chi connectivity index (χ2n) is 6.62. The monoisotopic (exact) mass is 371 g/mol. The van der Waals surface area contributed by atoms with Gasteiger partial charge in [-0.15, -0.1) is 0 Å². The lowest BCUT2D eigenvalue weighted by Gasteiger charge is -2.12. The van der Waals surface area contributed by atoms with Crippen LogP contribution in [0.5, 0.6) is 11.5 Å². The molecule has 1 heterocycles. The van der Waals surface area contributed by atoms with E-state index in [0.717, 1.165) is 22.4 Å². The molecule has 28 heavy (non-hydrogen) atoms. The Hall–Kier alpha value is -3.53. The Labute approximate surface area is 164 Å². The van der Waals surface area contributed by atoms with E-state index in [-0.39, 0.29) is 5.91 Å². The number of ether oxygens (including phenoxy) is 2. The van der Waals surface area contributed by atoms with Crippen molar-refractivity contribution < 1.29 is 14.3 Å². The van der Waals surface area contributed by atoms with Gasteiger partial charge in [-0.1, -0.05) is 54.6 Å². The smallest absolute Gasteiger partial charge is 0.258 e. The van der Waals surface area contributed by atoms with E-state index in [1.807, 2.05) is 78.9 Å². The molecule has 1 aliphatic heterocycles. The first-order valence-electron chi connectivity index (χ1n) is 9.11. The van der Waals surface area contributed by atoms with Crippen molar-refractivity contribution >= 4 is 23.2 Å². The third kappa shape index (κ3) is 3.37. The molecule has 0 saturated carbocycles. The molecule has 1 amide bonds. The number of hydrogen-bond donors (Lipinski definition) is 0. The van der Waals surface area contributed by atoms with Crippen LogP contribution >= 0.6 is 0 Å². The lowest BCUT2D eigenvalue weighted by Crippen LogP contribution is -2.20. The van der Waals surface area contributed by atoms with Crippen LogP contribution in [0.25, 0.3) is 11.6 Å². The van der Waals surface area contributed by atoms with Gasteiger partial charge in [-0.3, -0.25) is 4.79 Å². The predicted octanol–water partition coefficient (Wildman–Crippen LogP) is 4.79. The maximum atomic E-state index is 12.7. The highest BCUT2D eigenvalue weighted by Gasteiger charge is 2.29. The van der Waals surface area contributed by atoms with Crippen molar-refractivity contribution in [3.8, 4) is 11.5 Å².